The highest BCUT2D eigenvalue weighted by Gasteiger charge is 2.13. The topological polar surface area (TPSA) is 82.6 Å². The van der Waals surface area contributed by atoms with Gasteiger partial charge in [0.1, 0.15) is 0 Å². The highest BCUT2D eigenvalue weighted by atomic mass is 79.9. The van der Waals surface area contributed by atoms with Crippen molar-refractivity contribution < 1.29 is 8.42 Å². The summed E-state index contributed by atoms with van der Waals surface area (Å²) in [5.41, 5.74) is 0. The number of nitrogens with one attached hydrogen (secondary N) is 3. The molecule has 0 fully saturated rings. The quantitative estimate of drug-likeness (QED) is 0.411. The number of guanidine groups is 1. The van der Waals surface area contributed by atoms with E-state index in [4.69, 9.17) is 0 Å². The van der Waals surface area contributed by atoms with Gasteiger partial charge in [-0.2, -0.15) is 0 Å². The summed E-state index contributed by atoms with van der Waals surface area (Å²) < 4.78 is 27.2. The van der Waals surface area contributed by atoms with Crippen LogP contribution in [0.1, 0.15) is 0 Å². The molecule has 0 saturated heterocycles. The predicted molar refractivity (Wildman–Crippen MR) is 79.8 cm³/mol. The van der Waals surface area contributed by atoms with Crippen molar-refractivity contribution in [1.29, 1.82) is 0 Å². The minimum Gasteiger partial charge on any atom is -0.359 e. The second kappa shape index (κ2) is 7.46. The first-order chi connectivity index (χ1) is 8.99. The highest BCUT2D eigenvalue weighted by molar-refractivity contribution is 9.10. The zero-order valence-corrected chi connectivity index (χ0v) is 13.2. The number of rotatable bonds is 5. The van der Waals surface area contributed by atoms with Crippen LogP contribution in [-0.4, -0.2) is 41.6 Å². The molecular weight excluding hydrogens is 332 g/mol. The minimum absolute atomic E-state index is 0.236. The Bertz CT molecular complexity index is 545. The maximum atomic E-state index is 12.0. The molecule has 1 aromatic carbocycles. The number of sulfonamides is 1. The molecular formula is C11H17BrN4O2S. The van der Waals surface area contributed by atoms with Crippen LogP contribution < -0.4 is 15.4 Å². The van der Waals surface area contributed by atoms with Crippen LogP contribution in [0.3, 0.4) is 0 Å². The monoisotopic (exact) mass is 348 g/mol. The summed E-state index contributed by atoms with van der Waals surface area (Å²) >= 11 is 3.25. The van der Waals surface area contributed by atoms with Crippen LogP contribution in [0.4, 0.5) is 0 Å². The van der Waals surface area contributed by atoms with Gasteiger partial charge in [0.2, 0.25) is 10.0 Å². The number of hydrogen-bond acceptors (Lipinski definition) is 3. The average Bonchev–Trinajstić information content (AvgIpc) is 2.39. The fourth-order valence-electron chi connectivity index (χ4n) is 1.36. The van der Waals surface area contributed by atoms with Gasteiger partial charge in [-0.3, -0.25) is 4.99 Å². The second-order valence-electron chi connectivity index (χ2n) is 3.60. The minimum atomic E-state index is -3.47. The van der Waals surface area contributed by atoms with Crippen molar-refractivity contribution in [3.8, 4) is 0 Å². The van der Waals surface area contributed by atoms with E-state index in [0.29, 0.717) is 12.5 Å². The van der Waals surface area contributed by atoms with E-state index in [1.807, 2.05) is 0 Å². The fraction of sp³-hybridized carbons (Fsp3) is 0.364. The first kappa shape index (κ1) is 15.9. The largest absolute Gasteiger partial charge is 0.359 e. The molecule has 0 unspecified atom stereocenters. The van der Waals surface area contributed by atoms with E-state index in [0.717, 1.165) is 4.47 Å². The zero-order valence-electron chi connectivity index (χ0n) is 10.8. The van der Waals surface area contributed by atoms with Crippen LogP contribution in [0, 0.1) is 0 Å². The number of aliphatic imine (C=N–C) groups is 1. The third-order valence-electron chi connectivity index (χ3n) is 2.28. The van der Waals surface area contributed by atoms with Crippen LogP contribution >= 0.6 is 15.9 Å². The molecule has 6 nitrogen and oxygen atoms in total. The molecule has 1 rings (SSSR count). The predicted octanol–water partition coefficient (Wildman–Crippen LogP) is 0.522. The molecule has 1 aromatic rings. The van der Waals surface area contributed by atoms with Gasteiger partial charge in [-0.05, 0) is 18.2 Å². The molecule has 0 aliphatic heterocycles. The fourth-order valence-corrected chi connectivity index (χ4v) is 2.99. The van der Waals surface area contributed by atoms with Gasteiger partial charge in [-0.15, -0.1) is 0 Å². The Kier molecular flexibility index (Phi) is 6.26. The second-order valence-corrected chi connectivity index (χ2v) is 6.29. The molecule has 0 spiro atoms. The zero-order chi connectivity index (χ0) is 14.3. The van der Waals surface area contributed by atoms with E-state index in [-0.39, 0.29) is 11.4 Å². The van der Waals surface area contributed by atoms with Gasteiger partial charge >= 0.3 is 0 Å². The molecule has 0 heterocycles. The Balaban J connectivity index is 2.53. The summed E-state index contributed by atoms with van der Waals surface area (Å²) in [6, 6.07) is 6.56. The lowest BCUT2D eigenvalue weighted by molar-refractivity contribution is 0.580. The molecule has 0 bridgehead atoms. The first-order valence-electron chi connectivity index (χ1n) is 5.63. The molecule has 3 N–H and O–H groups in total. The summed E-state index contributed by atoms with van der Waals surface area (Å²) in [5, 5.41) is 5.80. The van der Waals surface area contributed by atoms with Gasteiger partial charge in [0, 0.05) is 31.7 Å². The van der Waals surface area contributed by atoms with Gasteiger partial charge in [-0.1, -0.05) is 22.0 Å². The van der Waals surface area contributed by atoms with Gasteiger partial charge in [-0.25, -0.2) is 13.1 Å². The maximum absolute atomic E-state index is 12.0. The Morgan fingerprint density at radius 1 is 1.37 bits per heavy atom. The highest BCUT2D eigenvalue weighted by Crippen LogP contribution is 2.15. The molecule has 106 valence electrons. The number of halogens is 1. The Morgan fingerprint density at radius 3 is 2.68 bits per heavy atom. The van der Waals surface area contributed by atoms with Gasteiger partial charge < -0.3 is 10.6 Å². The lowest BCUT2D eigenvalue weighted by Crippen LogP contribution is -2.39. The number of nitrogens with zero attached hydrogens (tertiary/aromatic N) is 1. The van der Waals surface area contributed by atoms with Crippen molar-refractivity contribution in [2.75, 3.05) is 27.2 Å². The summed E-state index contributed by atoms with van der Waals surface area (Å²) in [4.78, 5) is 4.16. The number of benzene rings is 1. The molecule has 0 radical (unpaired) electrons. The Hall–Kier alpha value is -1.12. The van der Waals surface area contributed by atoms with Crippen LogP contribution in [-0.2, 0) is 10.0 Å². The molecule has 8 heteroatoms. The van der Waals surface area contributed by atoms with Crippen LogP contribution in [0.5, 0.6) is 0 Å². The average molecular weight is 349 g/mol. The molecule has 0 aromatic heterocycles. The molecule has 0 aliphatic rings. The summed E-state index contributed by atoms with van der Waals surface area (Å²) in [7, 11) is -0.0940. The smallest absolute Gasteiger partial charge is 0.240 e. The summed E-state index contributed by atoms with van der Waals surface area (Å²) in [5.74, 6) is 0.613. The Labute approximate surface area is 121 Å². The van der Waals surface area contributed by atoms with Gasteiger partial charge in [0.15, 0.2) is 5.96 Å². The lowest BCUT2D eigenvalue weighted by Gasteiger charge is -2.10. The van der Waals surface area contributed by atoms with Crippen molar-refractivity contribution in [3.05, 3.63) is 28.7 Å². The van der Waals surface area contributed by atoms with Crippen LogP contribution in [0.15, 0.2) is 38.6 Å². The van der Waals surface area contributed by atoms with E-state index in [9.17, 15) is 8.42 Å². The van der Waals surface area contributed by atoms with E-state index in [2.05, 4.69) is 36.3 Å². The van der Waals surface area contributed by atoms with E-state index < -0.39 is 10.0 Å². The molecule has 0 saturated carbocycles. The molecule has 0 aliphatic carbocycles. The van der Waals surface area contributed by atoms with Crippen molar-refractivity contribution in [1.82, 2.24) is 15.4 Å². The third kappa shape index (κ3) is 5.17. The van der Waals surface area contributed by atoms with Gasteiger partial charge in [0.25, 0.3) is 0 Å². The van der Waals surface area contributed by atoms with E-state index in [1.165, 1.54) is 0 Å². The lowest BCUT2D eigenvalue weighted by atomic mass is 10.4. The molecule has 0 amide bonds. The summed E-state index contributed by atoms with van der Waals surface area (Å²) in [6.45, 7) is 0.719. The van der Waals surface area contributed by atoms with Crippen molar-refractivity contribution in [2.24, 2.45) is 4.99 Å². The van der Waals surface area contributed by atoms with Crippen molar-refractivity contribution >= 4 is 31.9 Å². The van der Waals surface area contributed by atoms with Crippen molar-refractivity contribution in [3.63, 3.8) is 0 Å². The molecule has 0 atom stereocenters. The van der Waals surface area contributed by atoms with Gasteiger partial charge in [0.05, 0.1) is 4.90 Å². The number of hydrogen-bond donors (Lipinski definition) is 3. The first-order valence-corrected chi connectivity index (χ1v) is 7.91. The molecule has 19 heavy (non-hydrogen) atoms. The third-order valence-corrected chi connectivity index (χ3v) is 4.23. The normalized spacial score (nSPS) is 12.3. The Morgan fingerprint density at radius 2 is 2.11 bits per heavy atom. The summed E-state index contributed by atoms with van der Waals surface area (Å²) in [6.07, 6.45) is 0. The van der Waals surface area contributed by atoms with Crippen LogP contribution in [0.25, 0.3) is 0 Å². The van der Waals surface area contributed by atoms with E-state index >= 15 is 0 Å². The van der Waals surface area contributed by atoms with Crippen LogP contribution in [0.2, 0.25) is 0 Å². The maximum Gasteiger partial charge on any atom is 0.240 e. The standard InChI is InChI=1S/C11H17BrN4O2S/c1-13-11(14-2)15-6-7-16-19(17,18)10-5-3-4-9(12)8-10/h3-5,8,16H,6-7H2,1-2H3,(H2,13,14,15). The SMILES string of the molecule is CN=C(NC)NCCNS(=O)(=O)c1cccc(Br)c1. The van der Waals surface area contributed by atoms with Crippen molar-refractivity contribution in [2.45, 2.75) is 4.90 Å². The van der Waals surface area contributed by atoms with E-state index in [1.54, 1.807) is 38.4 Å².